The first kappa shape index (κ1) is 81.2. The molecule has 0 spiro atoms. The lowest BCUT2D eigenvalue weighted by Crippen LogP contribution is -2.66. The molecule has 17 unspecified atom stereocenters. The van der Waals surface area contributed by atoms with Crippen molar-refractivity contribution in [3.8, 4) is 0 Å². The number of aliphatic hydroxyl groups is 11. The van der Waals surface area contributed by atoms with E-state index in [0.717, 1.165) is 96.3 Å². The van der Waals surface area contributed by atoms with Crippen molar-refractivity contribution in [2.45, 2.75) is 330 Å². The molecule has 0 aromatic heterocycles. The van der Waals surface area contributed by atoms with Crippen molar-refractivity contribution in [3.63, 3.8) is 0 Å². The zero-order valence-electron chi connectivity index (χ0n) is 54.8. The van der Waals surface area contributed by atoms with Crippen molar-refractivity contribution in [3.05, 3.63) is 85.1 Å². The zero-order chi connectivity index (χ0) is 65.4. The lowest BCUT2D eigenvalue weighted by Gasteiger charge is -2.48. The van der Waals surface area contributed by atoms with Gasteiger partial charge in [0.15, 0.2) is 18.9 Å². The smallest absolute Gasteiger partial charge is 0.220 e. The first-order valence-electron chi connectivity index (χ1n) is 34.8. The molecule has 3 heterocycles. The fourth-order valence-corrected chi connectivity index (χ4v) is 11.4. The average molecular weight is 1280 g/mol. The molecule has 1 amide bonds. The minimum atomic E-state index is -1.97. The number of hydrogen-bond acceptors (Lipinski definition) is 18. The predicted octanol–water partition coefficient (Wildman–Crippen LogP) is 9.10. The second kappa shape index (κ2) is 52.3. The summed E-state index contributed by atoms with van der Waals surface area (Å²) in [4.78, 5) is 13.4. The van der Waals surface area contributed by atoms with E-state index in [1.165, 1.54) is 96.3 Å². The quantitative estimate of drug-likeness (QED) is 0.0200. The largest absolute Gasteiger partial charge is 0.394 e. The number of nitrogens with one attached hydrogen (secondary N) is 1. The highest BCUT2D eigenvalue weighted by molar-refractivity contribution is 5.76. The Kier molecular flexibility index (Phi) is 47.2. The molecule has 19 heteroatoms. The van der Waals surface area contributed by atoms with E-state index in [0.29, 0.717) is 12.8 Å². The maximum absolute atomic E-state index is 13.4. The normalized spacial score (nSPS) is 28.6. The van der Waals surface area contributed by atoms with Gasteiger partial charge in [-0.2, -0.15) is 0 Å². The van der Waals surface area contributed by atoms with Gasteiger partial charge in [-0.3, -0.25) is 4.79 Å². The van der Waals surface area contributed by atoms with Gasteiger partial charge in [-0.15, -0.1) is 0 Å². The number of rotatable bonds is 52. The third-order valence-corrected chi connectivity index (χ3v) is 17.0. The van der Waals surface area contributed by atoms with Crippen molar-refractivity contribution in [1.82, 2.24) is 5.32 Å². The Balaban J connectivity index is 1.33. The second-order valence-electron chi connectivity index (χ2n) is 24.6. The van der Waals surface area contributed by atoms with E-state index in [9.17, 15) is 61.0 Å². The summed E-state index contributed by atoms with van der Waals surface area (Å²) in [6.07, 6.45) is 39.8. The predicted molar refractivity (Wildman–Crippen MR) is 351 cm³/mol. The van der Waals surface area contributed by atoms with E-state index >= 15 is 0 Å². The van der Waals surface area contributed by atoms with E-state index in [1.54, 1.807) is 0 Å². The number of carbonyl (C=O) groups excluding carboxylic acids is 1. The summed E-state index contributed by atoms with van der Waals surface area (Å²) >= 11 is 0. The van der Waals surface area contributed by atoms with Gasteiger partial charge in [-0.1, -0.05) is 234 Å². The summed E-state index contributed by atoms with van der Waals surface area (Å²) in [5.41, 5.74) is 0. The monoisotopic (exact) mass is 1280 g/mol. The van der Waals surface area contributed by atoms with Gasteiger partial charge in [0.1, 0.15) is 73.2 Å². The molecule has 0 radical (unpaired) electrons. The maximum atomic E-state index is 13.4. The molecule has 17 atom stereocenters. The molecular weight excluding hydrogens is 1150 g/mol. The highest BCUT2D eigenvalue weighted by Gasteiger charge is 2.53. The summed E-state index contributed by atoms with van der Waals surface area (Å²) in [7, 11) is 0. The van der Waals surface area contributed by atoms with Gasteiger partial charge in [-0.25, -0.2) is 0 Å². The van der Waals surface area contributed by atoms with Crippen LogP contribution >= 0.6 is 0 Å². The molecule has 19 nitrogen and oxygen atoms in total. The van der Waals surface area contributed by atoms with Crippen LogP contribution in [0.2, 0.25) is 0 Å². The van der Waals surface area contributed by atoms with E-state index in [4.69, 9.17) is 28.4 Å². The van der Waals surface area contributed by atoms with Crippen molar-refractivity contribution in [2.75, 3.05) is 26.4 Å². The molecule has 3 rings (SSSR count). The fraction of sp³-hybridized carbons (Fsp3) is 0.789. The van der Waals surface area contributed by atoms with E-state index in [-0.39, 0.29) is 18.9 Å². The van der Waals surface area contributed by atoms with Gasteiger partial charge in [0.25, 0.3) is 0 Å². The molecule has 3 aliphatic rings. The summed E-state index contributed by atoms with van der Waals surface area (Å²) < 4.78 is 34.3. The number of ether oxygens (including phenoxy) is 6. The molecule has 0 aliphatic carbocycles. The van der Waals surface area contributed by atoms with E-state index < -0.39 is 124 Å². The van der Waals surface area contributed by atoms with Crippen LogP contribution in [0.15, 0.2) is 85.1 Å². The number of aliphatic hydroxyl groups excluding tert-OH is 11. The lowest BCUT2D eigenvalue weighted by molar-refractivity contribution is -0.379. The van der Waals surface area contributed by atoms with Crippen LogP contribution in [0.1, 0.15) is 226 Å². The molecule has 0 aromatic carbocycles. The topological polar surface area (TPSA) is 307 Å². The Bertz CT molecular complexity index is 1960. The zero-order valence-corrected chi connectivity index (χ0v) is 54.8. The SMILES string of the molecule is CC/C=C\C/C=C\C/C=C\C/C=C\C/C=C\C/C=C\C/C=C\CCCCCCCCCCCCCCCC(=O)NC(COC1OC(CO)C(OC2OC(CO)C(OC3OC(CO)C(O)C(O)C3O)C(O)C2O)C(O)C1O)C(O)CCCCCCCCCCCC. The molecule has 0 bridgehead atoms. The standard InChI is InChI=1S/C71H123NO18/c1-3-5-7-9-11-13-15-16-17-18-19-20-21-22-23-24-25-26-27-28-29-30-31-32-33-34-35-36-37-38-39-41-43-45-47-49-59(77)72-54(55(76)48-46-44-42-40-14-12-10-8-6-4-2)53-85-69-65(83)62(80)67(57(51-74)87-69)90-71-66(84)63(81)68(58(52-75)88-71)89-70-64(82)61(79)60(78)56(50-73)86-70/h5,7,11,13,16-17,19-20,22-23,25-26,28-29,54-58,60-71,73-76,78-84H,3-4,6,8-10,12,14-15,18,21,24,27,30-53H2,1-2H3,(H,72,77)/b7-5-,13-11-,17-16-,20-19-,23-22-,26-25-,29-28-. The Morgan fingerprint density at radius 2 is 0.767 bits per heavy atom. The molecule has 0 saturated carbocycles. The van der Waals surface area contributed by atoms with Gasteiger partial charge in [0.05, 0.1) is 38.6 Å². The molecule has 3 fully saturated rings. The van der Waals surface area contributed by atoms with Gasteiger partial charge >= 0.3 is 0 Å². The minimum absolute atomic E-state index is 0.249. The van der Waals surface area contributed by atoms with Crippen molar-refractivity contribution >= 4 is 5.91 Å². The van der Waals surface area contributed by atoms with Crippen LogP contribution in [0.3, 0.4) is 0 Å². The fourth-order valence-electron chi connectivity index (χ4n) is 11.4. The van der Waals surface area contributed by atoms with Crippen molar-refractivity contribution in [2.24, 2.45) is 0 Å². The Hall–Kier alpha value is -3.03. The van der Waals surface area contributed by atoms with Gasteiger partial charge in [0, 0.05) is 6.42 Å². The van der Waals surface area contributed by atoms with Crippen LogP contribution in [-0.2, 0) is 33.2 Å². The van der Waals surface area contributed by atoms with Gasteiger partial charge in [0.2, 0.25) is 5.91 Å². The molecule has 3 aliphatic heterocycles. The number of hydrogen-bond donors (Lipinski definition) is 12. The van der Waals surface area contributed by atoms with E-state index in [2.05, 4.69) is 104 Å². The van der Waals surface area contributed by atoms with Crippen LogP contribution in [0, 0.1) is 0 Å². The summed E-state index contributed by atoms with van der Waals surface area (Å²) in [5, 5.41) is 120. The van der Waals surface area contributed by atoms with Crippen LogP contribution in [0.25, 0.3) is 0 Å². The van der Waals surface area contributed by atoms with Gasteiger partial charge in [-0.05, 0) is 70.6 Å². The van der Waals surface area contributed by atoms with E-state index in [1.807, 2.05) is 0 Å². The molecule has 0 aromatic rings. The molecule has 90 heavy (non-hydrogen) atoms. The highest BCUT2D eigenvalue weighted by Crippen LogP contribution is 2.33. The van der Waals surface area contributed by atoms with Crippen LogP contribution in [0.5, 0.6) is 0 Å². The van der Waals surface area contributed by atoms with Gasteiger partial charge < -0.3 is 89.9 Å². The third-order valence-electron chi connectivity index (χ3n) is 17.0. The lowest BCUT2D eigenvalue weighted by atomic mass is 9.96. The molecular formula is C71H123NO18. The number of amides is 1. The van der Waals surface area contributed by atoms with Crippen LogP contribution in [0.4, 0.5) is 0 Å². The molecule has 520 valence electrons. The van der Waals surface area contributed by atoms with Crippen LogP contribution in [-0.4, -0.2) is 193 Å². The third kappa shape index (κ3) is 33.9. The molecule has 12 N–H and O–H groups in total. The summed E-state index contributed by atoms with van der Waals surface area (Å²) in [6.45, 7) is 1.65. The number of allylic oxidation sites excluding steroid dienone is 14. The van der Waals surface area contributed by atoms with Crippen molar-refractivity contribution < 1.29 is 89.4 Å². The number of carbonyl (C=O) groups is 1. The molecule has 3 saturated heterocycles. The van der Waals surface area contributed by atoms with Crippen molar-refractivity contribution in [1.29, 1.82) is 0 Å². The maximum Gasteiger partial charge on any atom is 0.220 e. The number of unbranched alkanes of at least 4 members (excludes halogenated alkanes) is 22. The Labute approximate surface area is 540 Å². The highest BCUT2D eigenvalue weighted by atomic mass is 16.8. The minimum Gasteiger partial charge on any atom is -0.394 e. The summed E-state index contributed by atoms with van der Waals surface area (Å²) in [5.74, 6) is -0.249. The Morgan fingerprint density at radius 1 is 0.411 bits per heavy atom. The van der Waals surface area contributed by atoms with Crippen LogP contribution < -0.4 is 5.32 Å². The Morgan fingerprint density at radius 3 is 1.20 bits per heavy atom. The second-order valence-corrected chi connectivity index (χ2v) is 24.6. The first-order valence-corrected chi connectivity index (χ1v) is 34.8. The first-order chi connectivity index (χ1) is 43.8. The summed E-state index contributed by atoms with van der Waals surface area (Å²) in [6, 6.07) is -0.890. The average Bonchev–Trinajstić information content (AvgIpc) is 1.08.